The number of anilines is 1. The van der Waals surface area contributed by atoms with Crippen LogP contribution in [-0.2, 0) is 4.79 Å². The topological polar surface area (TPSA) is 65.8 Å². The Hall–Kier alpha value is -2.69. The lowest BCUT2D eigenvalue weighted by molar-refractivity contribution is -0.116. The van der Waals surface area contributed by atoms with Gasteiger partial charge in [0.1, 0.15) is 5.82 Å². The molecule has 7 heteroatoms. The Labute approximate surface area is 165 Å². The van der Waals surface area contributed by atoms with Crippen molar-refractivity contribution in [3.05, 3.63) is 65.3 Å². The van der Waals surface area contributed by atoms with Gasteiger partial charge in [-0.15, -0.1) is 23.1 Å². The van der Waals surface area contributed by atoms with E-state index in [0.29, 0.717) is 17.1 Å². The number of benzene rings is 2. The average molecular weight is 398 g/mol. The molecule has 0 aliphatic rings. The zero-order valence-electron chi connectivity index (χ0n) is 14.3. The van der Waals surface area contributed by atoms with E-state index in [1.807, 2.05) is 17.5 Å². The van der Waals surface area contributed by atoms with Crippen LogP contribution in [0.4, 0.5) is 9.52 Å². The van der Waals surface area contributed by atoms with Gasteiger partial charge in [0, 0.05) is 22.3 Å². The molecule has 3 aromatic rings. The molecule has 1 aromatic heterocycles. The second kappa shape index (κ2) is 9.31. The zero-order chi connectivity index (χ0) is 19.1. The average Bonchev–Trinajstić information content (AvgIpc) is 3.15. The van der Waals surface area contributed by atoms with Crippen molar-refractivity contribution in [3.8, 4) is 17.3 Å². The van der Waals surface area contributed by atoms with Crippen molar-refractivity contribution in [2.24, 2.45) is 0 Å². The Balaban J connectivity index is 1.44. The summed E-state index contributed by atoms with van der Waals surface area (Å²) in [5.74, 6) is 0.464. The molecule has 0 saturated heterocycles. The number of aromatic nitrogens is 1. The summed E-state index contributed by atoms with van der Waals surface area (Å²) in [6.07, 6.45) is 1.13. The molecule has 3 rings (SSSR count). The van der Waals surface area contributed by atoms with E-state index < -0.39 is 0 Å². The molecule has 0 radical (unpaired) electrons. The quantitative estimate of drug-likeness (QED) is 0.432. The number of carbonyl (C=O) groups is 1. The summed E-state index contributed by atoms with van der Waals surface area (Å²) in [5, 5.41) is 14.1. The summed E-state index contributed by atoms with van der Waals surface area (Å²) in [5.41, 5.74) is 2.27. The molecule has 2 aromatic carbocycles. The number of nitrogens with zero attached hydrogens (tertiary/aromatic N) is 2. The maximum Gasteiger partial charge on any atom is 0.226 e. The smallest absolute Gasteiger partial charge is 0.226 e. The number of thiazole rings is 1. The highest BCUT2D eigenvalue weighted by Gasteiger charge is 2.08. The summed E-state index contributed by atoms with van der Waals surface area (Å²) in [6.45, 7) is 0. The Bertz CT molecular complexity index is 947. The fourth-order valence-corrected chi connectivity index (χ4v) is 3.90. The highest BCUT2D eigenvalue weighted by molar-refractivity contribution is 7.99. The minimum Gasteiger partial charge on any atom is -0.302 e. The van der Waals surface area contributed by atoms with Gasteiger partial charge in [-0.2, -0.15) is 5.26 Å². The molecule has 4 nitrogen and oxygen atoms in total. The van der Waals surface area contributed by atoms with Gasteiger partial charge in [-0.3, -0.25) is 4.79 Å². The van der Waals surface area contributed by atoms with Crippen molar-refractivity contribution in [2.75, 3.05) is 11.1 Å². The molecule has 1 heterocycles. The first-order valence-electron chi connectivity index (χ1n) is 8.28. The number of carbonyl (C=O) groups excluding carboxylic acids is 1. The van der Waals surface area contributed by atoms with E-state index in [2.05, 4.69) is 16.4 Å². The second-order valence-corrected chi connectivity index (χ2v) is 7.71. The van der Waals surface area contributed by atoms with Gasteiger partial charge in [-0.25, -0.2) is 9.37 Å². The summed E-state index contributed by atoms with van der Waals surface area (Å²) >= 11 is 2.97. The molecule has 1 amide bonds. The van der Waals surface area contributed by atoms with Crippen molar-refractivity contribution in [3.63, 3.8) is 0 Å². The molecular weight excluding hydrogens is 381 g/mol. The molecular formula is C20H16FN3OS2. The molecule has 0 aliphatic heterocycles. The van der Waals surface area contributed by atoms with Crippen molar-refractivity contribution in [1.82, 2.24) is 4.98 Å². The Morgan fingerprint density at radius 2 is 1.93 bits per heavy atom. The lowest BCUT2D eigenvalue weighted by Crippen LogP contribution is -2.11. The van der Waals surface area contributed by atoms with Gasteiger partial charge in [0.2, 0.25) is 5.91 Å². The number of halogens is 1. The third-order valence-corrected chi connectivity index (χ3v) is 5.55. The highest BCUT2D eigenvalue weighted by atomic mass is 32.2. The number of hydrogen-bond acceptors (Lipinski definition) is 5. The van der Waals surface area contributed by atoms with Gasteiger partial charge in [0.25, 0.3) is 0 Å². The van der Waals surface area contributed by atoms with E-state index in [1.165, 1.54) is 23.5 Å². The maximum absolute atomic E-state index is 12.9. The van der Waals surface area contributed by atoms with Crippen LogP contribution >= 0.6 is 23.1 Å². The first kappa shape index (κ1) is 19.1. The Morgan fingerprint density at radius 1 is 1.19 bits per heavy atom. The predicted molar refractivity (Wildman–Crippen MR) is 107 cm³/mol. The second-order valence-electron chi connectivity index (χ2n) is 5.68. The molecule has 0 saturated carbocycles. The zero-order valence-corrected chi connectivity index (χ0v) is 15.9. The van der Waals surface area contributed by atoms with Crippen LogP contribution in [0.2, 0.25) is 0 Å². The van der Waals surface area contributed by atoms with Gasteiger partial charge in [0.15, 0.2) is 5.13 Å². The number of thioether (sulfide) groups is 1. The SMILES string of the molecule is N#Cc1ccc(-c2csc(NC(=O)CCCSc3ccc(F)cc3)n2)cc1. The van der Waals surface area contributed by atoms with Gasteiger partial charge in [-0.1, -0.05) is 12.1 Å². The minimum atomic E-state index is -0.248. The molecule has 0 bridgehead atoms. The van der Waals surface area contributed by atoms with Crippen LogP contribution in [0.5, 0.6) is 0 Å². The van der Waals surface area contributed by atoms with E-state index in [9.17, 15) is 9.18 Å². The summed E-state index contributed by atoms with van der Waals surface area (Å²) in [7, 11) is 0. The minimum absolute atomic E-state index is 0.0737. The number of amides is 1. The molecule has 0 aliphatic carbocycles. The molecule has 0 atom stereocenters. The van der Waals surface area contributed by atoms with E-state index in [-0.39, 0.29) is 11.7 Å². The third kappa shape index (κ3) is 5.64. The van der Waals surface area contributed by atoms with Crippen LogP contribution in [-0.4, -0.2) is 16.6 Å². The Kier molecular flexibility index (Phi) is 6.58. The maximum atomic E-state index is 12.9. The lowest BCUT2D eigenvalue weighted by Gasteiger charge is -2.03. The third-order valence-electron chi connectivity index (χ3n) is 3.69. The van der Waals surface area contributed by atoms with E-state index >= 15 is 0 Å². The van der Waals surface area contributed by atoms with Crippen molar-refractivity contribution >= 4 is 34.1 Å². The Morgan fingerprint density at radius 3 is 2.63 bits per heavy atom. The normalized spacial score (nSPS) is 10.4. The van der Waals surface area contributed by atoms with Gasteiger partial charge in [0.05, 0.1) is 17.3 Å². The van der Waals surface area contributed by atoms with E-state index in [4.69, 9.17) is 5.26 Å². The predicted octanol–water partition coefficient (Wildman–Crippen LogP) is 5.33. The van der Waals surface area contributed by atoms with Crippen LogP contribution in [0.25, 0.3) is 11.3 Å². The number of hydrogen-bond donors (Lipinski definition) is 1. The van der Waals surface area contributed by atoms with Crippen LogP contribution < -0.4 is 5.32 Å². The first-order chi connectivity index (χ1) is 13.1. The van der Waals surface area contributed by atoms with Crippen LogP contribution in [0.3, 0.4) is 0 Å². The van der Waals surface area contributed by atoms with Gasteiger partial charge >= 0.3 is 0 Å². The molecule has 27 heavy (non-hydrogen) atoms. The number of rotatable bonds is 7. The standard InChI is InChI=1S/C20H16FN3OS2/c21-16-7-9-17(10-8-16)26-11-1-2-19(25)24-20-23-18(13-27-20)15-5-3-14(12-22)4-6-15/h3-10,13H,1-2,11H2,(H,23,24,25). The van der Waals surface area contributed by atoms with Crippen LogP contribution in [0.1, 0.15) is 18.4 Å². The summed E-state index contributed by atoms with van der Waals surface area (Å²) in [4.78, 5) is 17.5. The monoisotopic (exact) mass is 397 g/mol. The largest absolute Gasteiger partial charge is 0.302 e. The molecule has 136 valence electrons. The summed E-state index contributed by atoms with van der Waals surface area (Å²) < 4.78 is 12.9. The highest BCUT2D eigenvalue weighted by Crippen LogP contribution is 2.25. The summed E-state index contributed by atoms with van der Waals surface area (Å²) in [6, 6.07) is 15.6. The van der Waals surface area contributed by atoms with Gasteiger partial charge in [-0.05, 0) is 48.6 Å². The van der Waals surface area contributed by atoms with Crippen LogP contribution in [0.15, 0.2) is 58.8 Å². The lowest BCUT2D eigenvalue weighted by atomic mass is 10.1. The van der Waals surface area contributed by atoms with Crippen molar-refractivity contribution in [1.29, 1.82) is 5.26 Å². The molecule has 1 N–H and O–H groups in total. The molecule has 0 spiro atoms. The number of nitriles is 1. The van der Waals surface area contributed by atoms with Gasteiger partial charge < -0.3 is 5.32 Å². The van der Waals surface area contributed by atoms with Crippen LogP contribution in [0, 0.1) is 17.1 Å². The number of nitrogens with one attached hydrogen (secondary N) is 1. The molecule has 0 unspecified atom stereocenters. The van der Waals surface area contributed by atoms with E-state index in [1.54, 1.807) is 36.0 Å². The first-order valence-corrected chi connectivity index (χ1v) is 10.1. The fraction of sp³-hybridized carbons (Fsp3) is 0.150. The van der Waals surface area contributed by atoms with Crippen molar-refractivity contribution in [2.45, 2.75) is 17.7 Å². The van der Waals surface area contributed by atoms with Crippen molar-refractivity contribution < 1.29 is 9.18 Å². The van der Waals surface area contributed by atoms with E-state index in [0.717, 1.165) is 28.3 Å². The molecule has 0 fully saturated rings. The fourth-order valence-electron chi connectivity index (χ4n) is 2.31.